The molecule has 0 radical (unpaired) electrons. The number of hydrogen-bond donors (Lipinski definition) is 3. The van der Waals surface area contributed by atoms with Gasteiger partial charge < -0.3 is 25.8 Å². The second-order valence-corrected chi connectivity index (χ2v) is 7.97. The SMILES string of the molecule is Nc1cnc2c(NCCN3CCOCC3)cc(Nc3ccc(OC(F)(F)F)c(-n4cnnc4)c3)nn12. The molecule has 0 spiro atoms. The smallest absolute Gasteiger partial charge is 0.404 e. The summed E-state index contributed by atoms with van der Waals surface area (Å²) >= 11 is 0. The van der Waals surface area contributed by atoms with Gasteiger partial charge in [0.1, 0.15) is 18.5 Å². The van der Waals surface area contributed by atoms with Crippen LogP contribution in [0.1, 0.15) is 0 Å². The average Bonchev–Trinajstić information content (AvgIpc) is 3.51. The van der Waals surface area contributed by atoms with E-state index in [1.165, 1.54) is 46.1 Å². The van der Waals surface area contributed by atoms with E-state index in [1.807, 2.05) is 0 Å². The average molecular weight is 504 g/mol. The number of anilines is 4. The van der Waals surface area contributed by atoms with Crippen LogP contribution in [0.4, 0.5) is 36.2 Å². The molecule has 4 aromatic rings. The van der Waals surface area contributed by atoms with Crippen LogP contribution < -0.4 is 21.1 Å². The van der Waals surface area contributed by atoms with Crippen LogP contribution in [0.2, 0.25) is 0 Å². The summed E-state index contributed by atoms with van der Waals surface area (Å²) in [7, 11) is 0. The Morgan fingerprint density at radius 1 is 1.11 bits per heavy atom. The van der Waals surface area contributed by atoms with E-state index in [-0.39, 0.29) is 5.69 Å². The van der Waals surface area contributed by atoms with E-state index in [1.54, 1.807) is 6.07 Å². The number of imidazole rings is 1. The van der Waals surface area contributed by atoms with Gasteiger partial charge in [0, 0.05) is 37.9 Å². The first-order chi connectivity index (χ1) is 17.4. The lowest BCUT2D eigenvalue weighted by Gasteiger charge is -2.26. The van der Waals surface area contributed by atoms with Crippen LogP contribution in [0.25, 0.3) is 11.3 Å². The number of ether oxygens (including phenoxy) is 2. The second-order valence-electron chi connectivity index (χ2n) is 7.97. The van der Waals surface area contributed by atoms with E-state index in [0.717, 1.165) is 19.6 Å². The van der Waals surface area contributed by atoms with Crippen molar-refractivity contribution in [2.75, 3.05) is 55.8 Å². The largest absolute Gasteiger partial charge is 0.573 e. The van der Waals surface area contributed by atoms with Gasteiger partial charge in [-0.15, -0.1) is 28.5 Å². The van der Waals surface area contributed by atoms with Gasteiger partial charge in [-0.1, -0.05) is 0 Å². The van der Waals surface area contributed by atoms with Gasteiger partial charge >= 0.3 is 6.36 Å². The molecular weight excluding hydrogens is 481 g/mol. The van der Waals surface area contributed by atoms with Crippen LogP contribution in [-0.4, -0.2) is 80.0 Å². The molecule has 1 fully saturated rings. The normalized spacial score (nSPS) is 14.8. The van der Waals surface area contributed by atoms with Gasteiger partial charge in [0.25, 0.3) is 0 Å². The summed E-state index contributed by atoms with van der Waals surface area (Å²) < 4.78 is 51.1. The monoisotopic (exact) mass is 504 g/mol. The molecule has 0 unspecified atom stereocenters. The summed E-state index contributed by atoms with van der Waals surface area (Å²) in [4.78, 5) is 6.63. The molecule has 4 heterocycles. The third-order valence-electron chi connectivity index (χ3n) is 5.50. The number of nitrogens with zero attached hydrogens (tertiary/aromatic N) is 7. The number of alkyl halides is 3. The third kappa shape index (κ3) is 5.41. The van der Waals surface area contributed by atoms with Gasteiger partial charge in [-0.2, -0.15) is 4.52 Å². The first-order valence-corrected chi connectivity index (χ1v) is 11.1. The number of halogens is 3. The maximum atomic E-state index is 12.9. The second kappa shape index (κ2) is 9.87. The van der Waals surface area contributed by atoms with Gasteiger partial charge in [-0.25, -0.2) is 4.98 Å². The molecule has 3 aromatic heterocycles. The van der Waals surface area contributed by atoms with Gasteiger partial charge in [-0.05, 0) is 18.2 Å². The minimum atomic E-state index is -4.86. The highest BCUT2D eigenvalue weighted by Crippen LogP contribution is 2.32. The molecule has 12 nitrogen and oxygen atoms in total. The van der Waals surface area contributed by atoms with E-state index < -0.39 is 12.1 Å². The number of nitrogens with two attached hydrogens (primary N) is 1. The highest BCUT2D eigenvalue weighted by molar-refractivity contribution is 5.74. The molecule has 0 amide bonds. The number of rotatable bonds is 8. The zero-order chi connectivity index (χ0) is 25.1. The molecule has 0 bridgehead atoms. The maximum absolute atomic E-state index is 12.9. The topological polar surface area (TPSA) is 133 Å². The van der Waals surface area contributed by atoms with Crippen molar-refractivity contribution in [3.63, 3.8) is 0 Å². The van der Waals surface area contributed by atoms with Crippen molar-refractivity contribution in [3.8, 4) is 11.4 Å². The molecule has 1 saturated heterocycles. The van der Waals surface area contributed by atoms with Crippen molar-refractivity contribution in [3.05, 3.63) is 43.1 Å². The third-order valence-corrected chi connectivity index (χ3v) is 5.50. The van der Waals surface area contributed by atoms with Gasteiger partial charge in [-0.3, -0.25) is 9.47 Å². The Morgan fingerprint density at radius 2 is 1.89 bits per heavy atom. The number of morpholine rings is 1. The lowest BCUT2D eigenvalue weighted by molar-refractivity contribution is -0.274. The van der Waals surface area contributed by atoms with Crippen molar-refractivity contribution in [1.82, 2.24) is 34.3 Å². The van der Waals surface area contributed by atoms with Crippen LogP contribution in [0.5, 0.6) is 5.75 Å². The molecule has 1 aromatic carbocycles. The Balaban J connectivity index is 1.40. The van der Waals surface area contributed by atoms with Crippen LogP contribution >= 0.6 is 0 Å². The fourth-order valence-corrected chi connectivity index (χ4v) is 3.83. The minimum absolute atomic E-state index is 0.0920. The van der Waals surface area contributed by atoms with Gasteiger partial charge in [0.05, 0.1) is 30.8 Å². The van der Waals surface area contributed by atoms with Crippen molar-refractivity contribution < 1.29 is 22.6 Å². The summed E-state index contributed by atoms with van der Waals surface area (Å²) in [6, 6.07) is 5.89. The molecule has 1 aliphatic rings. The molecule has 15 heteroatoms. The van der Waals surface area contributed by atoms with Gasteiger partial charge in [0.15, 0.2) is 17.2 Å². The summed E-state index contributed by atoms with van der Waals surface area (Å²) in [5.74, 6) is 0.338. The van der Waals surface area contributed by atoms with E-state index in [9.17, 15) is 13.2 Å². The van der Waals surface area contributed by atoms with Crippen molar-refractivity contribution in [2.24, 2.45) is 0 Å². The molecule has 5 rings (SSSR count). The predicted molar refractivity (Wildman–Crippen MR) is 124 cm³/mol. The standard InChI is InChI=1S/C21H23F3N10O2/c22-21(23,24)36-17-2-1-14(9-16(17)33-12-28-29-13-33)30-19-10-15(20-27-11-18(25)34(20)31-19)26-3-4-32-5-7-35-8-6-32/h1-2,9-13,26H,3-8,25H2,(H,30,31). The van der Waals surface area contributed by atoms with Crippen molar-refractivity contribution in [1.29, 1.82) is 0 Å². The van der Waals surface area contributed by atoms with E-state index in [0.29, 0.717) is 48.4 Å². The molecule has 36 heavy (non-hydrogen) atoms. The van der Waals surface area contributed by atoms with Crippen LogP contribution in [0.15, 0.2) is 43.1 Å². The highest BCUT2D eigenvalue weighted by atomic mass is 19.4. The van der Waals surface area contributed by atoms with Gasteiger partial charge in [0.2, 0.25) is 0 Å². The number of nitrogen functional groups attached to an aromatic ring is 1. The minimum Gasteiger partial charge on any atom is -0.404 e. The number of nitrogens with one attached hydrogen (secondary N) is 2. The quantitative estimate of drug-likeness (QED) is 0.328. The summed E-state index contributed by atoms with van der Waals surface area (Å²) in [5.41, 5.74) is 7.85. The Hall–Kier alpha value is -4.11. The van der Waals surface area contributed by atoms with Crippen molar-refractivity contribution >= 4 is 28.7 Å². The zero-order valence-corrected chi connectivity index (χ0v) is 18.9. The van der Waals surface area contributed by atoms with E-state index in [4.69, 9.17) is 10.5 Å². The summed E-state index contributed by atoms with van der Waals surface area (Å²) in [5, 5.41) is 18.3. The first kappa shape index (κ1) is 23.6. The molecule has 0 atom stereocenters. The number of hydrogen-bond acceptors (Lipinski definition) is 10. The fourth-order valence-electron chi connectivity index (χ4n) is 3.83. The molecule has 1 aliphatic heterocycles. The number of aromatic nitrogens is 6. The summed E-state index contributed by atoms with van der Waals surface area (Å²) in [6.45, 7) is 4.66. The summed E-state index contributed by atoms with van der Waals surface area (Å²) in [6.07, 6.45) is -0.803. The van der Waals surface area contributed by atoms with Crippen LogP contribution in [0, 0.1) is 0 Å². The lowest BCUT2D eigenvalue weighted by Crippen LogP contribution is -2.39. The van der Waals surface area contributed by atoms with Crippen molar-refractivity contribution in [2.45, 2.75) is 6.36 Å². The Bertz CT molecular complexity index is 1320. The van der Waals surface area contributed by atoms with Crippen LogP contribution in [0.3, 0.4) is 0 Å². The lowest BCUT2D eigenvalue weighted by atomic mass is 10.2. The Kier molecular flexibility index (Phi) is 6.47. The first-order valence-electron chi connectivity index (χ1n) is 11.1. The molecule has 190 valence electrons. The Labute approximate surface area is 202 Å². The van der Waals surface area contributed by atoms with E-state index >= 15 is 0 Å². The van der Waals surface area contributed by atoms with E-state index in [2.05, 4.69) is 40.6 Å². The fraction of sp³-hybridized carbons (Fsp3) is 0.333. The maximum Gasteiger partial charge on any atom is 0.573 e. The predicted octanol–water partition coefficient (Wildman–Crippen LogP) is 2.28. The molecule has 4 N–H and O–H groups in total. The Morgan fingerprint density at radius 3 is 2.64 bits per heavy atom. The highest BCUT2D eigenvalue weighted by Gasteiger charge is 2.32. The zero-order valence-electron chi connectivity index (χ0n) is 18.9. The molecule has 0 aliphatic carbocycles. The number of benzene rings is 1. The number of fused-ring (bicyclic) bond motifs is 1. The molecular formula is C21H23F3N10O2. The van der Waals surface area contributed by atoms with Crippen LogP contribution in [-0.2, 0) is 4.74 Å². The molecule has 0 saturated carbocycles.